The molecule has 0 saturated carbocycles. The molecule has 1 atom stereocenters. The Labute approximate surface area is 140 Å². The number of aromatic nitrogens is 3. The molecule has 0 aliphatic heterocycles. The number of pyridine rings is 1. The van der Waals surface area contributed by atoms with E-state index in [4.69, 9.17) is 0 Å². The molecular formula is C17H22N4OS. The van der Waals surface area contributed by atoms with Crippen LogP contribution in [-0.2, 0) is 24.2 Å². The van der Waals surface area contributed by atoms with E-state index in [2.05, 4.69) is 20.5 Å². The zero-order valence-electron chi connectivity index (χ0n) is 13.3. The molecule has 1 aliphatic carbocycles. The fourth-order valence-corrected chi connectivity index (χ4v) is 3.67. The minimum atomic E-state index is -0.178. The van der Waals surface area contributed by atoms with E-state index < -0.39 is 0 Å². The molecule has 2 N–H and O–H groups in total. The molecule has 0 aromatic carbocycles. The molecule has 6 heteroatoms. The lowest BCUT2D eigenvalue weighted by molar-refractivity contribution is -0.120. The number of aryl methyl sites for hydroxylation is 1. The van der Waals surface area contributed by atoms with Crippen molar-refractivity contribution in [3.63, 3.8) is 0 Å². The van der Waals surface area contributed by atoms with Crippen molar-refractivity contribution in [1.29, 1.82) is 0 Å². The molecule has 23 heavy (non-hydrogen) atoms. The van der Waals surface area contributed by atoms with E-state index in [0.717, 1.165) is 23.6 Å². The Balaban J connectivity index is 1.56. The first-order chi connectivity index (χ1) is 11.2. The lowest BCUT2D eigenvalue weighted by Crippen LogP contribution is -2.30. The second kappa shape index (κ2) is 7.64. The summed E-state index contributed by atoms with van der Waals surface area (Å²) in [7, 11) is 0. The summed E-state index contributed by atoms with van der Waals surface area (Å²) in [5.41, 5.74) is 3.56. The maximum atomic E-state index is 12.3. The minimum Gasteiger partial charge on any atom is -0.349 e. The molecule has 0 bridgehead atoms. The number of amides is 1. The first kappa shape index (κ1) is 16.1. The molecular weight excluding hydrogens is 308 g/mol. The van der Waals surface area contributed by atoms with Gasteiger partial charge in [-0.15, -0.1) is 0 Å². The third-order valence-corrected chi connectivity index (χ3v) is 5.18. The van der Waals surface area contributed by atoms with Gasteiger partial charge in [0.1, 0.15) is 0 Å². The van der Waals surface area contributed by atoms with Gasteiger partial charge in [-0.3, -0.25) is 9.89 Å². The zero-order valence-corrected chi connectivity index (χ0v) is 14.2. The number of nitrogens with zero attached hydrogens (tertiary/aromatic N) is 2. The van der Waals surface area contributed by atoms with E-state index >= 15 is 0 Å². The van der Waals surface area contributed by atoms with Gasteiger partial charge in [0.2, 0.25) is 5.91 Å². The third kappa shape index (κ3) is 4.13. The number of aromatic amines is 1. The van der Waals surface area contributed by atoms with Gasteiger partial charge in [-0.1, -0.05) is 24.2 Å². The second-order valence-corrected chi connectivity index (χ2v) is 7.20. The topological polar surface area (TPSA) is 70.7 Å². The van der Waals surface area contributed by atoms with Crippen LogP contribution in [0.3, 0.4) is 0 Å². The average Bonchev–Trinajstić information content (AvgIpc) is 2.80. The largest absolute Gasteiger partial charge is 0.349 e. The molecule has 1 aliphatic rings. The monoisotopic (exact) mass is 330 g/mol. The van der Waals surface area contributed by atoms with Crippen LogP contribution in [0.1, 0.15) is 43.1 Å². The maximum absolute atomic E-state index is 12.3. The summed E-state index contributed by atoms with van der Waals surface area (Å²) >= 11 is 1.47. The van der Waals surface area contributed by atoms with Gasteiger partial charge >= 0.3 is 0 Å². The van der Waals surface area contributed by atoms with Crippen molar-refractivity contribution in [1.82, 2.24) is 20.5 Å². The lowest BCUT2D eigenvalue weighted by Gasteiger charge is -2.11. The summed E-state index contributed by atoms with van der Waals surface area (Å²) in [4.78, 5) is 16.5. The van der Waals surface area contributed by atoms with Gasteiger partial charge < -0.3 is 5.32 Å². The number of carbonyl (C=O) groups excluding carboxylic acids is 1. The predicted octanol–water partition coefficient (Wildman–Crippen LogP) is 2.87. The van der Waals surface area contributed by atoms with E-state index in [1.54, 1.807) is 6.20 Å². The summed E-state index contributed by atoms with van der Waals surface area (Å²) in [5, 5.41) is 11.2. The molecule has 2 aromatic heterocycles. The van der Waals surface area contributed by atoms with Gasteiger partial charge in [-0.25, -0.2) is 4.98 Å². The molecule has 0 saturated heterocycles. The lowest BCUT2D eigenvalue weighted by atomic mass is 10.1. The molecule has 5 nitrogen and oxygen atoms in total. The van der Waals surface area contributed by atoms with Crippen LogP contribution < -0.4 is 5.32 Å². The quantitative estimate of drug-likeness (QED) is 0.653. The Morgan fingerprint density at radius 1 is 1.35 bits per heavy atom. The highest BCUT2D eigenvalue weighted by Gasteiger charge is 2.18. The number of rotatable bonds is 5. The van der Waals surface area contributed by atoms with Gasteiger partial charge in [0.25, 0.3) is 0 Å². The zero-order chi connectivity index (χ0) is 16.1. The summed E-state index contributed by atoms with van der Waals surface area (Å²) in [6.45, 7) is 2.40. The Morgan fingerprint density at radius 2 is 2.22 bits per heavy atom. The highest BCUT2D eigenvalue weighted by molar-refractivity contribution is 8.00. The van der Waals surface area contributed by atoms with Crippen molar-refractivity contribution in [2.75, 3.05) is 0 Å². The fourth-order valence-electron chi connectivity index (χ4n) is 2.84. The summed E-state index contributed by atoms with van der Waals surface area (Å²) in [6, 6.07) is 5.72. The van der Waals surface area contributed by atoms with E-state index in [-0.39, 0.29) is 11.2 Å². The predicted molar refractivity (Wildman–Crippen MR) is 91.2 cm³/mol. The van der Waals surface area contributed by atoms with Crippen LogP contribution in [0, 0.1) is 0 Å². The molecule has 1 amide bonds. The van der Waals surface area contributed by atoms with Crippen molar-refractivity contribution in [3.05, 3.63) is 41.3 Å². The van der Waals surface area contributed by atoms with E-state index in [1.807, 2.05) is 25.1 Å². The summed E-state index contributed by atoms with van der Waals surface area (Å²) in [6.07, 6.45) is 7.58. The molecule has 2 aromatic rings. The van der Waals surface area contributed by atoms with Crippen LogP contribution >= 0.6 is 11.8 Å². The highest BCUT2D eigenvalue weighted by Crippen LogP contribution is 2.22. The van der Waals surface area contributed by atoms with E-state index in [0.29, 0.717) is 6.54 Å². The van der Waals surface area contributed by atoms with Crippen LogP contribution in [0.4, 0.5) is 0 Å². The molecule has 0 unspecified atom stereocenters. The van der Waals surface area contributed by atoms with Crippen LogP contribution in [-0.4, -0.2) is 26.3 Å². The number of H-pyrrole nitrogens is 1. The van der Waals surface area contributed by atoms with Crippen molar-refractivity contribution >= 4 is 17.7 Å². The fraction of sp³-hybridized carbons (Fsp3) is 0.471. The van der Waals surface area contributed by atoms with Crippen LogP contribution in [0.5, 0.6) is 0 Å². The Kier molecular flexibility index (Phi) is 5.33. The number of carbonyl (C=O) groups is 1. The SMILES string of the molecule is C[C@@H](Sc1ccccn1)C(=O)NCc1n[nH]c2c1CCCCC2. The van der Waals surface area contributed by atoms with E-state index in [9.17, 15) is 4.79 Å². The molecule has 3 rings (SSSR count). The van der Waals surface area contributed by atoms with Gasteiger partial charge in [0.05, 0.1) is 22.5 Å². The van der Waals surface area contributed by atoms with Crippen molar-refractivity contribution < 1.29 is 4.79 Å². The molecule has 0 spiro atoms. The first-order valence-electron chi connectivity index (χ1n) is 8.14. The van der Waals surface area contributed by atoms with Gasteiger partial charge in [-0.05, 0) is 50.3 Å². The number of nitrogens with one attached hydrogen (secondary N) is 2. The number of hydrogen-bond acceptors (Lipinski definition) is 4. The Morgan fingerprint density at radius 3 is 3.04 bits per heavy atom. The van der Waals surface area contributed by atoms with Crippen LogP contribution in [0.25, 0.3) is 0 Å². The minimum absolute atomic E-state index is 0.0195. The molecule has 0 fully saturated rings. The van der Waals surface area contributed by atoms with Crippen molar-refractivity contribution in [2.45, 2.75) is 55.8 Å². The first-order valence-corrected chi connectivity index (χ1v) is 9.02. The van der Waals surface area contributed by atoms with Crippen molar-refractivity contribution in [3.8, 4) is 0 Å². The summed E-state index contributed by atoms with van der Waals surface area (Å²) < 4.78 is 0. The van der Waals surface area contributed by atoms with Gasteiger partial charge in [-0.2, -0.15) is 5.10 Å². The van der Waals surface area contributed by atoms with Crippen molar-refractivity contribution in [2.24, 2.45) is 0 Å². The molecule has 2 heterocycles. The third-order valence-electron chi connectivity index (χ3n) is 4.13. The average molecular weight is 330 g/mol. The molecule has 122 valence electrons. The van der Waals surface area contributed by atoms with E-state index in [1.165, 1.54) is 42.3 Å². The Bertz CT molecular complexity index is 656. The Hall–Kier alpha value is -1.82. The normalized spacial score (nSPS) is 15.5. The number of thioether (sulfide) groups is 1. The summed E-state index contributed by atoms with van der Waals surface area (Å²) in [5.74, 6) is 0.0195. The maximum Gasteiger partial charge on any atom is 0.233 e. The number of fused-ring (bicyclic) bond motifs is 1. The van der Waals surface area contributed by atoms with Gasteiger partial charge in [0, 0.05) is 11.9 Å². The second-order valence-electron chi connectivity index (χ2n) is 5.83. The van der Waals surface area contributed by atoms with Crippen LogP contribution in [0.15, 0.2) is 29.4 Å². The standard InChI is InChI=1S/C17H22N4OS/c1-12(23-16-9-5-6-10-18-16)17(22)19-11-15-13-7-3-2-4-8-14(13)20-21-15/h5-6,9-10,12H,2-4,7-8,11H2,1H3,(H,19,22)(H,20,21)/t12-/m1/s1. The highest BCUT2D eigenvalue weighted by atomic mass is 32.2. The number of hydrogen-bond donors (Lipinski definition) is 2. The van der Waals surface area contributed by atoms with Crippen LogP contribution in [0.2, 0.25) is 0 Å². The molecule has 0 radical (unpaired) electrons. The van der Waals surface area contributed by atoms with Gasteiger partial charge in [0.15, 0.2) is 0 Å². The smallest absolute Gasteiger partial charge is 0.233 e.